The molecule has 1 atom stereocenters. The first kappa shape index (κ1) is 15.0. The zero-order chi connectivity index (χ0) is 14.6. The minimum absolute atomic E-state index is 0.0946. The molecule has 4 heteroatoms. The first-order chi connectivity index (χ1) is 9.59. The molecule has 3 nitrogen and oxygen atoms in total. The van der Waals surface area contributed by atoms with Gasteiger partial charge in [0, 0.05) is 19.3 Å². The molecule has 0 aliphatic carbocycles. The standard InChI is InChI=1S/C16H23FN2O/c1-3-8-16(9-5-10-18-12-16)15(20)19(2)14-7-4-6-13(17)11-14/h4,6-7,11,18H,3,5,8-10,12H2,1-2H3. The number of nitrogens with one attached hydrogen (secondary N) is 1. The number of anilines is 1. The number of piperidine rings is 1. The van der Waals surface area contributed by atoms with Crippen molar-refractivity contribution < 1.29 is 9.18 Å². The van der Waals surface area contributed by atoms with Crippen LogP contribution in [0.2, 0.25) is 0 Å². The Kier molecular flexibility index (Phi) is 4.76. The minimum atomic E-state index is -0.339. The molecule has 1 aromatic carbocycles. The van der Waals surface area contributed by atoms with Crippen LogP contribution in [0.4, 0.5) is 10.1 Å². The van der Waals surface area contributed by atoms with E-state index in [-0.39, 0.29) is 17.1 Å². The number of nitrogens with zero attached hydrogens (tertiary/aromatic N) is 1. The molecular formula is C16H23FN2O. The Morgan fingerprint density at radius 1 is 1.50 bits per heavy atom. The van der Waals surface area contributed by atoms with Crippen LogP contribution in [-0.2, 0) is 4.79 Å². The number of hydrogen-bond acceptors (Lipinski definition) is 2. The molecule has 1 unspecified atom stereocenters. The third-order valence-electron chi connectivity index (χ3n) is 4.15. The highest BCUT2D eigenvalue weighted by Gasteiger charge is 2.40. The normalized spacial score (nSPS) is 22.6. The van der Waals surface area contributed by atoms with Gasteiger partial charge in [-0.05, 0) is 44.0 Å². The van der Waals surface area contributed by atoms with E-state index in [1.165, 1.54) is 12.1 Å². The molecule has 0 spiro atoms. The summed E-state index contributed by atoms with van der Waals surface area (Å²) in [6, 6.07) is 6.22. The fourth-order valence-electron chi connectivity index (χ4n) is 3.11. The number of benzene rings is 1. The van der Waals surface area contributed by atoms with E-state index in [0.29, 0.717) is 5.69 Å². The lowest BCUT2D eigenvalue weighted by molar-refractivity contribution is -0.129. The molecule has 0 aromatic heterocycles. The Morgan fingerprint density at radius 2 is 2.30 bits per heavy atom. The lowest BCUT2D eigenvalue weighted by Crippen LogP contribution is -2.51. The van der Waals surface area contributed by atoms with Crippen LogP contribution in [0.3, 0.4) is 0 Å². The largest absolute Gasteiger partial charge is 0.316 e. The van der Waals surface area contributed by atoms with Gasteiger partial charge in [-0.1, -0.05) is 19.4 Å². The lowest BCUT2D eigenvalue weighted by atomic mass is 9.75. The van der Waals surface area contributed by atoms with Crippen LogP contribution in [-0.4, -0.2) is 26.0 Å². The second-order valence-corrected chi connectivity index (χ2v) is 5.65. The van der Waals surface area contributed by atoms with Crippen LogP contribution in [0.5, 0.6) is 0 Å². The molecule has 1 saturated heterocycles. The van der Waals surface area contributed by atoms with E-state index in [0.717, 1.165) is 38.8 Å². The van der Waals surface area contributed by atoms with Crippen LogP contribution in [0.1, 0.15) is 32.6 Å². The first-order valence-corrected chi connectivity index (χ1v) is 7.33. The number of amides is 1. The van der Waals surface area contributed by atoms with Crippen LogP contribution in [0, 0.1) is 11.2 Å². The van der Waals surface area contributed by atoms with Gasteiger partial charge < -0.3 is 10.2 Å². The van der Waals surface area contributed by atoms with Crippen molar-refractivity contribution in [2.45, 2.75) is 32.6 Å². The third-order valence-corrected chi connectivity index (χ3v) is 4.15. The highest BCUT2D eigenvalue weighted by Crippen LogP contribution is 2.34. The Hall–Kier alpha value is -1.42. The van der Waals surface area contributed by atoms with Crippen LogP contribution < -0.4 is 10.2 Å². The van der Waals surface area contributed by atoms with Crippen LogP contribution in [0.15, 0.2) is 24.3 Å². The molecule has 0 radical (unpaired) electrons. The molecular weight excluding hydrogens is 255 g/mol. The molecule has 1 aliphatic rings. The van der Waals surface area contributed by atoms with E-state index < -0.39 is 0 Å². The zero-order valence-electron chi connectivity index (χ0n) is 12.3. The molecule has 1 N–H and O–H groups in total. The average Bonchev–Trinajstić information content (AvgIpc) is 2.47. The van der Waals surface area contributed by atoms with Gasteiger partial charge in [-0.3, -0.25) is 4.79 Å². The molecule has 1 heterocycles. The predicted molar refractivity (Wildman–Crippen MR) is 79.3 cm³/mol. The number of halogens is 1. The van der Waals surface area contributed by atoms with Gasteiger partial charge in [0.25, 0.3) is 0 Å². The van der Waals surface area contributed by atoms with Gasteiger partial charge in [0.2, 0.25) is 5.91 Å². The van der Waals surface area contributed by atoms with E-state index in [4.69, 9.17) is 0 Å². The maximum atomic E-state index is 13.3. The van der Waals surface area contributed by atoms with E-state index >= 15 is 0 Å². The summed E-state index contributed by atoms with van der Waals surface area (Å²) in [4.78, 5) is 14.5. The molecule has 20 heavy (non-hydrogen) atoms. The molecule has 1 aliphatic heterocycles. The summed E-state index contributed by atoms with van der Waals surface area (Å²) in [5, 5.41) is 3.34. The topological polar surface area (TPSA) is 32.3 Å². The molecule has 0 bridgehead atoms. The number of carbonyl (C=O) groups is 1. The fourth-order valence-corrected chi connectivity index (χ4v) is 3.11. The van der Waals surface area contributed by atoms with Gasteiger partial charge in [0.15, 0.2) is 0 Å². The predicted octanol–water partition coefficient (Wildman–Crippen LogP) is 2.96. The van der Waals surface area contributed by atoms with Gasteiger partial charge in [-0.2, -0.15) is 0 Å². The van der Waals surface area contributed by atoms with Crippen molar-refractivity contribution in [2.24, 2.45) is 5.41 Å². The SMILES string of the molecule is CCCC1(C(=O)N(C)c2cccc(F)c2)CCCNC1. The number of carbonyl (C=O) groups excluding carboxylic acids is 1. The number of rotatable bonds is 4. The van der Waals surface area contributed by atoms with Gasteiger partial charge >= 0.3 is 0 Å². The summed E-state index contributed by atoms with van der Waals surface area (Å²) in [6.07, 6.45) is 3.78. The van der Waals surface area contributed by atoms with Gasteiger partial charge in [0.05, 0.1) is 5.41 Å². The monoisotopic (exact) mass is 278 g/mol. The van der Waals surface area contributed by atoms with Crippen LogP contribution in [0.25, 0.3) is 0 Å². The van der Waals surface area contributed by atoms with E-state index in [1.807, 2.05) is 0 Å². The van der Waals surface area contributed by atoms with Gasteiger partial charge in [-0.25, -0.2) is 4.39 Å². The van der Waals surface area contributed by atoms with Crippen molar-refractivity contribution >= 4 is 11.6 Å². The lowest BCUT2D eigenvalue weighted by Gasteiger charge is -2.39. The third kappa shape index (κ3) is 3.01. The zero-order valence-corrected chi connectivity index (χ0v) is 12.3. The van der Waals surface area contributed by atoms with Gasteiger partial charge in [0.1, 0.15) is 5.82 Å². The smallest absolute Gasteiger partial charge is 0.234 e. The summed E-state index contributed by atoms with van der Waals surface area (Å²) in [6.45, 7) is 3.80. The maximum absolute atomic E-state index is 13.3. The molecule has 0 saturated carbocycles. The van der Waals surface area contributed by atoms with E-state index in [2.05, 4.69) is 12.2 Å². The summed E-state index contributed by atoms with van der Waals surface area (Å²) >= 11 is 0. The Bertz CT molecular complexity index is 464. The molecule has 1 amide bonds. The Morgan fingerprint density at radius 3 is 2.90 bits per heavy atom. The van der Waals surface area contributed by atoms with Crippen molar-refractivity contribution in [3.63, 3.8) is 0 Å². The molecule has 1 fully saturated rings. The fraction of sp³-hybridized carbons (Fsp3) is 0.562. The van der Waals surface area contributed by atoms with E-state index in [9.17, 15) is 9.18 Å². The van der Waals surface area contributed by atoms with Crippen molar-refractivity contribution in [3.8, 4) is 0 Å². The highest BCUT2D eigenvalue weighted by atomic mass is 19.1. The maximum Gasteiger partial charge on any atom is 0.234 e. The van der Waals surface area contributed by atoms with E-state index in [1.54, 1.807) is 24.1 Å². The summed E-state index contributed by atoms with van der Waals surface area (Å²) < 4.78 is 13.3. The van der Waals surface area contributed by atoms with Crippen molar-refractivity contribution in [1.29, 1.82) is 0 Å². The number of hydrogen-bond donors (Lipinski definition) is 1. The van der Waals surface area contributed by atoms with Gasteiger partial charge in [-0.15, -0.1) is 0 Å². The summed E-state index contributed by atoms with van der Waals surface area (Å²) in [5.41, 5.74) is 0.282. The van der Waals surface area contributed by atoms with Crippen molar-refractivity contribution in [2.75, 3.05) is 25.0 Å². The second kappa shape index (κ2) is 6.35. The molecule has 1 aromatic rings. The molecule has 2 rings (SSSR count). The Balaban J connectivity index is 2.22. The average molecular weight is 278 g/mol. The Labute approximate surface area is 120 Å². The molecule has 110 valence electrons. The summed E-state index contributed by atoms with van der Waals surface area (Å²) in [7, 11) is 1.74. The summed E-state index contributed by atoms with van der Waals surface area (Å²) in [5.74, 6) is -0.217. The van der Waals surface area contributed by atoms with Crippen molar-refractivity contribution in [3.05, 3.63) is 30.1 Å². The van der Waals surface area contributed by atoms with Crippen LogP contribution >= 0.6 is 0 Å². The second-order valence-electron chi connectivity index (χ2n) is 5.65. The quantitative estimate of drug-likeness (QED) is 0.918. The minimum Gasteiger partial charge on any atom is -0.316 e. The highest BCUT2D eigenvalue weighted by molar-refractivity contribution is 5.97. The van der Waals surface area contributed by atoms with Crippen molar-refractivity contribution in [1.82, 2.24) is 5.32 Å². The first-order valence-electron chi connectivity index (χ1n) is 7.33.